The van der Waals surface area contributed by atoms with E-state index in [-0.39, 0.29) is 35.4 Å². The van der Waals surface area contributed by atoms with Crippen LogP contribution in [0.1, 0.15) is 23.2 Å². The Morgan fingerprint density at radius 1 is 1.28 bits per heavy atom. The Kier molecular flexibility index (Phi) is 6.29. The Hall–Kier alpha value is -2.68. The number of carbonyl (C=O) groups excluding carboxylic acids is 1. The first kappa shape index (κ1) is 18.7. The summed E-state index contributed by atoms with van der Waals surface area (Å²) in [6, 6.07) is 5.65. The molecule has 0 saturated heterocycles. The highest BCUT2D eigenvalue weighted by Crippen LogP contribution is 2.18. The molecule has 0 aliphatic carbocycles. The van der Waals surface area contributed by atoms with E-state index in [2.05, 4.69) is 20.5 Å². The molecule has 0 spiro atoms. The Bertz CT molecular complexity index is 850. The molecule has 25 heavy (non-hydrogen) atoms. The summed E-state index contributed by atoms with van der Waals surface area (Å²) in [5.74, 6) is -1.17. The van der Waals surface area contributed by atoms with E-state index >= 15 is 0 Å². The lowest BCUT2D eigenvalue weighted by atomic mass is 10.1. The van der Waals surface area contributed by atoms with E-state index in [4.69, 9.17) is 5.11 Å². The summed E-state index contributed by atoms with van der Waals surface area (Å²) in [5.41, 5.74) is 2.39. The SMILES string of the molecule is Cc1cccc(NC(=O)CSc2nnc(CCC(=O)O)c(=O)[nH]2)c1C. The van der Waals surface area contributed by atoms with Crippen molar-refractivity contribution in [1.82, 2.24) is 15.2 Å². The number of nitrogens with one attached hydrogen (secondary N) is 2. The predicted octanol–water partition coefficient (Wildman–Crippen LogP) is 1.53. The minimum atomic E-state index is -1.01. The maximum absolute atomic E-state index is 12.0. The van der Waals surface area contributed by atoms with Crippen molar-refractivity contribution in [3.63, 3.8) is 0 Å². The zero-order chi connectivity index (χ0) is 18.4. The number of aromatic amines is 1. The first-order valence-electron chi connectivity index (χ1n) is 7.53. The number of hydrogen-bond acceptors (Lipinski definition) is 6. The number of rotatable bonds is 7. The summed E-state index contributed by atoms with van der Waals surface area (Å²) in [6.07, 6.45) is -0.182. The van der Waals surface area contributed by atoms with Gasteiger partial charge in [-0.2, -0.15) is 0 Å². The maximum atomic E-state index is 12.0. The number of nitrogens with zero attached hydrogens (tertiary/aromatic N) is 2. The van der Waals surface area contributed by atoms with E-state index in [1.165, 1.54) is 0 Å². The molecule has 2 rings (SSSR count). The van der Waals surface area contributed by atoms with Gasteiger partial charge in [0, 0.05) is 12.1 Å². The molecular weight excluding hydrogens is 344 g/mol. The second-order valence-corrected chi connectivity index (χ2v) is 6.35. The average molecular weight is 362 g/mol. The normalized spacial score (nSPS) is 10.5. The number of carboxylic acids is 1. The number of aryl methyl sites for hydroxylation is 2. The average Bonchev–Trinajstić information content (AvgIpc) is 2.56. The second-order valence-electron chi connectivity index (χ2n) is 5.38. The van der Waals surface area contributed by atoms with E-state index in [0.717, 1.165) is 28.6 Å². The van der Waals surface area contributed by atoms with Crippen LogP contribution in [0.15, 0.2) is 28.2 Å². The van der Waals surface area contributed by atoms with Crippen LogP contribution in [0, 0.1) is 13.8 Å². The molecule has 9 heteroatoms. The molecule has 1 aromatic carbocycles. The molecule has 2 aromatic rings. The highest BCUT2D eigenvalue weighted by atomic mass is 32.2. The van der Waals surface area contributed by atoms with Crippen LogP contribution >= 0.6 is 11.8 Å². The van der Waals surface area contributed by atoms with Crippen LogP contribution in [0.4, 0.5) is 5.69 Å². The quantitative estimate of drug-likeness (QED) is 0.638. The van der Waals surface area contributed by atoms with E-state index in [9.17, 15) is 14.4 Å². The van der Waals surface area contributed by atoms with Crippen LogP contribution in [-0.2, 0) is 16.0 Å². The van der Waals surface area contributed by atoms with Crippen LogP contribution < -0.4 is 10.9 Å². The molecule has 0 saturated carbocycles. The third kappa shape index (κ3) is 5.42. The highest BCUT2D eigenvalue weighted by Gasteiger charge is 2.10. The lowest BCUT2D eigenvalue weighted by Crippen LogP contribution is -2.20. The van der Waals surface area contributed by atoms with Crippen molar-refractivity contribution >= 4 is 29.3 Å². The lowest BCUT2D eigenvalue weighted by Gasteiger charge is -2.09. The third-order valence-electron chi connectivity index (χ3n) is 3.54. The molecule has 132 valence electrons. The van der Waals surface area contributed by atoms with Crippen LogP contribution in [0.3, 0.4) is 0 Å². The van der Waals surface area contributed by atoms with Crippen molar-refractivity contribution in [2.24, 2.45) is 0 Å². The van der Waals surface area contributed by atoms with Crippen LogP contribution in [0.25, 0.3) is 0 Å². The predicted molar refractivity (Wildman–Crippen MR) is 93.9 cm³/mol. The molecule has 0 bridgehead atoms. The van der Waals surface area contributed by atoms with Crippen LogP contribution in [0.2, 0.25) is 0 Å². The number of carbonyl (C=O) groups is 2. The number of thioether (sulfide) groups is 1. The molecule has 3 N–H and O–H groups in total. The van der Waals surface area contributed by atoms with E-state index < -0.39 is 11.5 Å². The van der Waals surface area contributed by atoms with Crippen molar-refractivity contribution in [2.45, 2.75) is 31.8 Å². The van der Waals surface area contributed by atoms with Gasteiger partial charge in [-0.25, -0.2) is 0 Å². The van der Waals surface area contributed by atoms with E-state index in [1.807, 2.05) is 32.0 Å². The standard InChI is InChI=1S/C16H18N4O4S/c1-9-4-3-5-11(10(9)2)17-13(21)8-25-16-18-15(24)12(19-20-16)6-7-14(22)23/h3-5H,6-8H2,1-2H3,(H,17,21)(H,22,23)(H,18,20,24). The molecule has 0 aliphatic heterocycles. The smallest absolute Gasteiger partial charge is 0.303 e. The first-order chi connectivity index (χ1) is 11.9. The van der Waals surface area contributed by atoms with Crippen molar-refractivity contribution in [3.05, 3.63) is 45.4 Å². The number of aromatic nitrogens is 3. The van der Waals surface area contributed by atoms with Crippen molar-refractivity contribution in [1.29, 1.82) is 0 Å². The molecule has 1 aromatic heterocycles. The summed E-state index contributed by atoms with van der Waals surface area (Å²) in [5, 5.41) is 19.2. The first-order valence-corrected chi connectivity index (χ1v) is 8.52. The fourth-order valence-corrected chi connectivity index (χ4v) is 2.61. The minimum absolute atomic E-state index is 0.00966. The molecule has 0 radical (unpaired) electrons. The van der Waals surface area contributed by atoms with Gasteiger partial charge in [-0.15, -0.1) is 10.2 Å². The summed E-state index contributed by atoms with van der Waals surface area (Å²) in [7, 11) is 0. The second kappa shape index (κ2) is 8.43. The topological polar surface area (TPSA) is 125 Å². The van der Waals surface area contributed by atoms with E-state index in [0.29, 0.717) is 0 Å². The van der Waals surface area contributed by atoms with Crippen molar-refractivity contribution in [2.75, 3.05) is 11.1 Å². The number of amides is 1. The third-order valence-corrected chi connectivity index (χ3v) is 4.40. The molecule has 0 atom stereocenters. The van der Waals surface area contributed by atoms with Crippen LogP contribution in [0.5, 0.6) is 0 Å². The fourth-order valence-electron chi connectivity index (χ4n) is 2.01. The monoisotopic (exact) mass is 362 g/mol. The van der Waals surface area contributed by atoms with E-state index in [1.54, 1.807) is 0 Å². The maximum Gasteiger partial charge on any atom is 0.303 e. The van der Waals surface area contributed by atoms with Crippen molar-refractivity contribution < 1.29 is 14.7 Å². The molecule has 0 aliphatic rings. The Morgan fingerprint density at radius 2 is 2.04 bits per heavy atom. The Morgan fingerprint density at radius 3 is 2.72 bits per heavy atom. The molecule has 1 heterocycles. The zero-order valence-electron chi connectivity index (χ0n) is 13.8. The number of hydrogen-bond donors (Lipinski definition) is 3. The van der Waals surface area contributed by atoms with Gasteiger partial charge in [-0.1, -0.05) is 23.9 Å². The van der Waals surface area contributed by atoms with Gasteiger partial charge in [0.1, 0.15) is 5.69 Å². The zero-order valence-corrected chi connectivity index (χ0v) is 14.6. The number of carboxylic acid groups (broad SMARTS) is 1. The molecule has 1 amide bonds. The van der Waals surface area contributed by atoms with Gasteiger partial charge in [-0.05, 0) is 31.0 Å². The van der Waals surface area contributed by atoms with Gasteiger partial charge < -0.3 is 10.4 Å². The number of benzene rings is 1. The molecular formula is C16H18N4O4S. The van der Waals surface area contributed by atoms with Gasteiger partial charge in [0.15, 0.2) is 5.16 Å². The molecule has 8 nitrogen and oxygen atoms in total. The van der Waals surface area contributed by atoms with Gasteiger partial charge >= 0.3 is 5.97 Å². The van der Waals surface area contributed by atoms with Gasteiger partial charge in [0.05, 0.1) is 12.2 Å². The summed E-state index contributed by atoms with van der Waals surface area (Å²) < 4.78 is 0. The van der Waals surface area contributed by atoms with Gasteiger partial charge in [-0.3, -0.25) is 19.4 Å². The summed E-state index contributed by atoms with van der Waals surface area (Å²) >= 11 is 1.05. The molecule has 0 fully saturated rings. The number of aliphatic carboxylic acids is 1. The Labute approximate surface area is 148 Å². The number of anilines is 1. The Balaban J connectivity index is 1.93. The van der Waals surface area contributed by atoms with Gasteiger partial charge in [0.2, 0.25) is 5.91 Å². The van der Waals surface area contributed by atoms with Crippen molar-refractivity contribution in [3.8, 4) is 0 Å². The molecule has 0 unspecified atom stereocenters. The largest absolute Gasteiger partial charge is 0.481 e. The minimum Gasteiger partial charge on any atom is -0.481 e. The summed E-state index contributed by atoms with van der Waals surface area (Å²) in [4.78, 5) is 36.9. The number of H-pyrrole nitrogens is 1. The highest BCUT2D eigenvalue weighted by molar-refractivity contribution is 7.99. The summed E-state index contributed by atoms with van der Waals surface area (Å²) in [6.45, 7) is 3.89. The van der Waals surface area contributed by atoms with Crippen LogP contribution in [-0.4, -0.2) is 37.9 Å². The fraction of sp³-hybridized carbons (Fsp3) is 0.312. The van der Waals surface area contributed by atoms with Gasteiger partial charge in [0.25, 0.3) is 5.56 Å². The lowest BCUT2D eigenvalue weighted by molar-refractivity contribution is -0.137.